The van der Waals surface area contributed by atoms with Gasteiger partial charge < -0.3 is 9.64 Å². The molecule has 0 amide bonds. The van der Waals surface area contributed by atoms with Crippen molar-refractivity contribution < 1.29 is 14.3 Å². The van der Waals surface area contributed by atoms with Gasteiger partial charge in [0, 0.05) is 31.4 Å². The van der Waals surface area contributed by atoms with E-state index in [-0.39, 0.29) is 0 Å². The third kappa shape index (κ3) is 2.59. The summed E-state index contributed by atoms with van der Waals surface area (Å²) in [6, 6.07) is 0. The Labute approximate surface area is 118 Å². The van der Waals surface area contributed by atoms with Gasteiger partial charge in [0.2, 0.25) is 0 Å². The molecule has 1 aliphatic rings. The number of aldehydes is 1. The Balaban J connectivity index is 2.06. The van der Waals surface area contributed by atoms with Gasteiger partial charge >= 0.3 is 5.97 Å². The van der Waals surface area contributed by atoms with E-state index in [1.165, 1.54) is 7.11 Å². The summed E-state index contributed by atoms with van der Waals surface area (Å²) in [7, 11) is 3.11. The molecule has 0 saturated heterocycles. The lowest BCUT2D eigenvalue weighted by atomic mass is 10.1. The van der Waals surface area contributed by atoms with Crippen molar-refractivity contribution in [3.05, 3.63) is 29.2 Å². The van der Waals surface area contributed by atoms with Crippen LogP contribution in [-0.4, -0.2) is 47.6 Å². The minimum absolute atomic E-state index is 0.309. The molecule has 0 fully saturated rings. The van der Waals surface area contributed by atoms with Crippen molar-refractivity contribution >= 4 is 12.3 Å². The molecule has 2 heterocycles. The Morgan fingerprint density at radius 2 is 2.35 bits per heavy atom. The molecule has 0 aliphatic carbocycles. The largest absolute Gasteiger partial charge is 0.464 e. The topological polar surface area (TPSA) is 64.4 Å². The number of hydrogen-bond donors (Lipinski definition) is 0. The highest BCUT2D eigenvalue weighted by Gasteiger charge is 2.22. The van der Waals surface area contributed by atoms with Gasteiger partial charge in [-0.15, -0.1) is 0 Å². The molecule has 6 heteroatoms. The quantitative estimate of drug-likeness (QED) is 0.437. The van der Waals surface area contributed by atoms with Crippen molar-refractivity contribution in [1.29, 1.82) is 0 Å². The summed E-state index contributed by atoms with van der Waals surface area (Å²) in [5.74, 6) is -0.441. The Hall–Kier alpha value is -2.11. The van der Waals surface area contributed by atoms with Crippen molar-refractivity contribution in [2.24, 2.45) is 0 Å². The summed E-state index contributed by atoms with van der Waals surface area (Å²) in [5, 5.41) is 4.30. The number of nitrogens with zero attached hydrogens (tertiary/aromatic N) is 3. The maximum atomic E-state index is 11.4. The lowest BCUT2D eigenvalue weighted by Gasteiger charge is -2.19. The second-order valence-corrected chi connectivity index (χ2v) is 4.86. The number of methoxy groups -OCH3 is 1. The molecule has 0 spiro atoms. The molecule has 1 aliphatic heterocycles. The molecule has 0 atom stereocenters. The smallest absolute Gasteiger partial charge is 0.353 e. The fourth-order valence-electron chi connectivity index (χ4n) is 2.47. The number of carbonyl (C=O) groups is 2. The molecular formula is C14H19N3O3. The van der Waals surface area contributed by atoms with E-state index in [1.54, 1.807) is 11.9 Å². The standard InChI is InChI=1S/C14H19N3O3/c1-10(14(19)20-3)16(2)8-6-11-12(9-18)15-17-7-4-5-13(11)17/h9H,1,4-8H2,2-3H3. The highest BCUT2D eigenvalue weighted by Crippen LogP contribution is 2.22. The first-order valence-corrected chi connectivity index (χ1v) is 6.60. The molecule has 1 aromatic heterocycles. The number of likely N-dealkylation sites (N-methyl/N-ethyl adjacent to an activating group) is 1. The van der Waals surface area contributed by atoms with Crippen molar-refractivity contribution in [1.82, 2.24) is 14.7 Å². The molecule has 6 nitrogen and oxygen atoms in total. The zero-order valence-electron chi connectivity index (χ0n) is 11.9. The van der Waals surface area contributed by atoms with E-state index >= 15 is 0 Å². The second-order valence-electron chi connectivity index (χ2n) is 4.86. The summed E-state index contributed by atoms with van der Waals surface area (Å²) in [6.45, 7) is 5.17. The van der Waals surface area contributed by atoms with Crippen LogP contribution in [-0.2, 0) is 28.9 Å². The van der Waals surface area contributed by atoms with Crippen LogP contribution in [0.2, 0.25) is 0 Å². The monoisotopic (exact) mass is 277 g/mol. The molecule has 2 rings (SSSR count). The molecule has 0 aromatic carbocycles. The third-order valence-electron chi connectivity index (χ3n) is 3.67. The predicted molar refractivity (Wildman–Crippen MR) is 73.4 cm³/mol. The summed E-state index contributed by atoms with van der Waals surface area (Å²) >= 11 is 0. The van der Waals surface area contributed by atoms with Gasteiger partial charge in [-0.05, 0) is 19.3 Å². The van der Waals surface area contributed by atoms with E-state index < -0.39 is 5.97 Å². The van der Waals surface area contributed by atoms with Crippen molar-refractivity contribution in [3.63, 3.8) is 0 Å². The van der Waals surface area contributed by atoms with Crippen LogP contribution < -0.4 is 0 Å². The van der Waals surface area contributed by atoms with Gasteiger partial charge in [-0.2, -0.15) is 5.10 Å². The number of fused-ring (bicyclic) bond motifs is 1. The molecule has 20 heavy (non-hydrogen) atoms. The van der Waals surface area contributed by atoms with Gasteiger partial charge in [-0.3, -0.25) is 9.48 Å². The molecule has 0 saturated carbocycles. The summed E-state index contributed by atoms with van der Waals surface area (Å²) in [6.07, 6.45) is 3.49. The number of carbonyl (C=O) groups excluding carboxylic acids is 2. The highest BCUT2D eigenvalue weighted by atomic mass is 16.5. The van der Waals surface area contributed by atoms with Gasteiger partial charge in [0.05, 0.1) is 7.11 Å². The molecule has 0 bridgehead atoms. The van der Waals surface area contributed by atoms with Crippen LogP contribution in [0.5, 0.6) is 0 Å². The average molecular weight is 277 g/mol. The van der Waals surface area contributed by atoms with E-state index in [4.69, 9.17) is 0 Å². The zero-order valence-corrected chi connectivity index (χ0v) is 11.9. The SMILES string of the molecule is C=C(C(=O)OC)N(C)CCc1c(C=O)nn2c1CCC2. The van der Waals surface area contributed by atoms with Crippen LogP contribution >= 0.6 is 0 Å². The minimum atomic E-state index is -0.441. The van der Waals surface area contributed by atoms with Crippen LogP contribution in [0.25, 0.3) is 0 Å². The molecule has 108 valence electrons. The number of aryl methyl sites for hydroxylation is 1. The molecule has 0 radical (unpaired) electrons. The summed E-state index contributed by atoms with van der Waals surface area (Å²) < 4.78 is 6.55. The van der Waals surface area contributed by atoms with Gasteiger partial charge in [-0.25, -0.2) is 4.79 Å². The van der Waals surface area contributed by atoms with Gasteiger partial charge in [-0.1, -0.05) is 6.58 Å². The molecule has 0 unspecified atom stereocenters. The van der Waals surface area contributed by atoms with Crippen LogP contribution in [0.4, 0.5) is 0 Å². The summed E-state index contributed by atoms with van der Waals surface area (Å²) in [5.41, 5.74) is 2.95. The Morgan fingerprint density at radius 3 is 3.00 bits per heavy atom. The van der Waals surface area contributed by atoms with Crippen molar-refractivity contribution in [3.8, 4) is 0 Å². The normalized spacial score (nSPS) is 12.9. The Kier molecular flexibility index (Phi) is 4.22. The molecular weight excluding hydrogens is 258 g/mol. The number of hydrogen-bond acceptors (Lipinski definition) is 5. The average Bonchev–Trinajstić information content (AvgIpc) is 3.03. The fourth-order valence-corrected chi connectivity index (χ4v) is 2.47. The second kappa shape index (κ2) is 5.90. The van der Waals surface area contributed by atoms with Crippen LogP contribution in [0.3, 0.4) is 0 Å². The number of aromatic nitrogens is 2. The first-order chi connectivity index (χ1) is 9.58. The molecule has 0 N–H and O–H groups in total. The van der Waals surface area contributed by atoms with Crippen LogP contribution in [0, 0.1) is 0 Å². The van der Waals surface area contributed by atoms with Crippen LogP contribution in [0.1, 0.15) is 28.2 Å². The van der Waals surface area contributed by atoms with Gasteiger partial charge in [0.1, 0.15) is 11.4 Å². The van der Waals surface area contributed by atoms with E-state index in [1.807, 2.05) is 4.68 Å². The van der Waals surface area contributed by atoms with Crippen molar-refractivity contribution in [2.75, 3.05) is 20.7 Å². The lowest BCUT2D eigenvalue weighted by Crippen LogP contribution is -2.26. The molecule has 1 aromatic rings. The highest BCUT2D eigenvalue weighted by molar-refractivity contribution is 5.86. The fraction of sp³-hybridized carbons (Fsp3) is 0.500. The number of esters is 1. The minimum Gasteiger partial charge on any atom is -0.464 e. The summed E-state index contributed by atoms with van der Waals surface area (Å²) in [4.78, 5) is 24.2. The number of rotatable bonds is 6. The van der Waals surface area contributed by atoms with Crippen LogP contribution in [0.15, 0.2) is 12.3 Å². The lowest BCUT2D eigenvalue weighted by molar-refractivity contribution is -0.137. The predicted octanol–water partition coefficient (Wildman–Crippen LogP) is 0.803. The van der Waals surface area contributed by atoms with E-state index in [0.717, 1.165) is 36.9 Å². The van der Waals surface area contributed by atoms with E-state index in [0.29, 0.717) is 24.4 Å². The zero-order chi connectivity index (χ0) is 14.7. The number of ether oxygens (including phenoxy) is 1. The van der Waals surface area contributed by atoms with Crippen molar-refractivity contribution in [2.45, 2.75) is 25.8 Å². The third-order valence-corrected chi connectivity index (χ3v) is 3.67. The van der Waals surface area contributed by atoms with Gasteiger partial charge in [0.15, 0.2) is 6.29 Å². The Morgan fingerprint density at radius 1 is 1.60 bits per heavy atom. The van der Waals surface area contributed by atoms with E-state index in [9.17, 15) is 9.59 Å². The van der Waals surface area contributed by atoms with Gasteiger partial charge in [0.25, 0.3) is 0 Å². The maximum Gasteiger partial charge on any atom is 0.353 e. The Bertz CT molecular complexity index is 548. The first-order valence-electron chi connectivity index (χ1n) is 6.60. The first kappa shape index (κ1) is 14.3. The maximum absolute atomic E-state index is 11.4. The van der Waals surface area contributed by atoms with E-state index in [2.05, 4.69) is 16.4 Å².